The minimum absolute atomic E-state index is 0.0197. The van der Waals surface area contributed by atoms with Crippen LogP contribution < -0.4 is 0 Å². The number of carbonyl (C=O) groups is 2. The molecule has 0 spiro atoms. The molecule has 1 atom stereocenters. The van der Waals surface area contributed by atoms with E-state index in [0.717, 1.165) is 12.3 Å². The maximum atomic E-state index is 12.4. The van der Waals surface area contributed by atoms with Crippen molar-refractivity contribution < 1.29 is 9.59 Å². The predicted molar refractivity (Wildman–Crippen MR) is 67.9 cm³/mol. The van der Waals surface area contributed by atoms with Crippen molar-refractivity contribution in [3.8, 4) is 0 Å². The summed E-state index contributed by atoms with van der Waals surface area (Å²) in [5, 5.41) is 0. The first-order chi connectivity index (χ1) is 8.58. The molecule has 4 rings (SSSR count). The fourth-order valence-corrected chi connectivity index (χ4v) is 3.92. The number of nitrogens with zero attached hydrogens (tertiary/aromatic N) is 2. The normalized spacial score (nSPS) is 36.1. The van der Waals surface area contributed by atoms with E-state index < -0.39 is 0 Å². The van der Waals surface area contributed by atoms with Gasteiger partial charge in [-0.2, -0.15) is 0 Å². The molecule has 100 valence electrons. The monoisotopic (exact) mass is 250 g/mol. The van der Waals surface area contributed by atoms with Crippen LogP contribution in [0.15, 0.2) is 0 Å². The number of hydrogen-bond donors (Lipinski definition) is 0. The van der Waals surface area contributed by atoms with Gasteiger partial charge in [0.15, 0.2) is 0 Å². The Balaban J connectivity index is 1.80. The Labute approximate surface area is 108 Å². The maximum Gasteiger partial charge on any atom is 0.327 e. The largest absolute Gasteiger partial charge is 0.327 e. The van der Waals surface area contributed by atoms with Gasteiger partial charge in [-0.15, -0.1) is 0 Å². The van der Waals surface area contributed by atoms with Crippen molar-refractivity contribution in [2.45, 2.75) is 58.0 Å². The van der Waals surface area contributed by atoms with E-state index in [1.165, 1.54) is 25.7 Å². The summed E-state index contributed by atoms with van der Waals surface area (Å²) in [6.45, 7) is 4.23. The summed E-state index contributed by atoms with van der Waals surface area (Å²) >= 11 is 0. The number of urea groups is 1. The molecule has 18 heavy (non-hydrogen) atoms. The van der Waals surface area contributed by atoms with Crippen molar-refractivity contribution in [3.05, 3.63) is 0 Å². The van der Waals surface area contributed by atoms with E-state index in [9.17, 15) is 9.59 Å². The van der Waals surface area contributed by atoms with Crippen LogP contribution >= 0.6 is 0 Å². The van der Waals surface area contributed by atoms with Crippen LogP contribution in [0, 0.1) is 11.8 Å². The van der Waals surface area contributed by atoms with E-state index in [2.05, 4.69) is 0 Å². The third kappa shape index (κ3) is 1.73. The van der Waals surface area contributed by atoms with Crippen LogP contribution in [0.5, 0.6) is 0 Å². The molecule has 0 radical (unpaired) electrons. The summed E-state index contributed by atoms with van der Waals surface area (Å²) in [7, 11) is 0. The van der Waals surface area contributed by atoms with Crippen LogP contribution in [0.4, 0.5) is 4.79 Å². The predicted octanol–water partition coefficient (Wildman–Crippen LogP) is 2.24. The third-order valence-corrected chi connectivity index (χ3v) is 4.99. The molecular formula is C14H22N2O2. The van der Waals surface area contributed by atoms with E-state index >= 15 is 0 Å². The van der Waals surface area contributed by atoms with E-state index in [-0.39, 0.29) is 30.6 Å². The second kappa shape index (κ2) is 4.25. The minimum Gasteiger partial charge on any atom is -0.313 e. The van der Waals surface area contributed by atoms with Gasteiger partial charge in [0.25, 0.3) is 5.91 Å². The van der Waals surface area contributed by atoms with Gasteiger partial charge in [-0.1, -0.05) is 12.8 Å². The molecule has 0 aromatic carbocycles. The van der Waals surface area contributed by atoms with Gasteiger partial charge in [-0.3, -0.25) is 9.69 Å². The zero-order valence-electron chi connectivity index (χ0n) is 11.3. The Morgan fingerprint density at radius 1 is 1.11 bits per heavy atom. The molecule has 4 nitrogen and oxygen atoms in total. The number of hydrogen-bond acceptors (Lipinski definition) is 2. The standard InChI is InChI=1S/C14H22N2O2/c1-9(2)15-8-13(17)16(14(15)18)12-7-10-3-5-11(12)6-4-10/h9-12H,3-8H2,1-2H3. The van der Waals surface area contributed by atoms with Crippen LogP contribution in [0.2, 0.25) is 0 Å². The van der Waals surface area contributed by atoms with Gasteiger partial charge in [0.1, 0.15) is 6.54 Å². The quantitative estimate of drug-likeness (QED) is 0.705. The first-order valence-electron chi connectivity index (χ1n) is 7.20. The molecule has 3 saturated carbocycles. The van der Waals surface area contributed by atoms with Crippen molar-refractivity contribution in [1.82, 2.24) is 9.80 Å². The van der Waals surface area contributed by atoms with Crippen molar-refractivity contribution >= 4 is 11.9 Å². The molecule has 2 bridgehead atoms. The lowest BCUT2D eigenvalue weighted by Gasteiger charge is -2.45. The number of carbonyl (C=O) groups excluding carboxylic acids is 2. The Morgan fingerprint density at radius 2 is 1.78 bits per heavy atom. The van der Waals surface area contributed by atoms with Crippen LogP contribution in [-0.4, -0.2) is 40.4 Å². The third-order valence-electron chi connectivity index (χ3n) is 4.99. The molecule has 0 N–H and O–H groups in total. The highest BCUT2D eigenvalue weighted by atomic mass is 16.2. The van der Waals surface area contributed by atoms with E-state index in [0.29, 0.717) is 5.92 Å². The summed E-state index contributed by atoms with van der Waals surface area (Å²) in [5.41, 5.74) is 0. The summed E-state index contributed by atoms with van der Waals surface area (Å²) in [6, 6.07) is 0.265. The average Bonchev–Trinajstić information content (AvgIpc) is 2.66. The van der Waals surface area contributed by atoms with Crippen LogP contribution in [-0.2, 0) is 4.79 Å². The summed E-state index contributed by atoms with van der Waals surface area (Å²) < 4.78 is 0. The van der Waals surface area contributed by atoms with Gasteiger partial charge in [-0.05, 0) is 44.9 Å². The lowest BCUT2D eigenvalue weighted by Crippen LogP contribution is -2.50. The van der Waals surface area contributed by atoms with Crippen LogP contribution in [0.3, 0.4) is 0 Å². The Hall–Kier alpha value is -1.06. The Kier molecular flexibility index (Phi) is 2.83. The molecule has 0 aromatic rings. The SMILES string of the molecule is CC(C)N1CC(=O)N(C2CC3CCC2CC3)C1=O. The van der Waals surface area contributed by atoms with Gasteiger partial charge in [0, 0.05) is 12.1 Å². The highest BCUT2D eigenvalue weighted by molar-refractivity contribution is 6.02. The molecule has 3 amide bonds. The van der Waals surface area contributed by atoms with Gasteiger partial charge in [0.2, 0.25) is 0 Å². The molecule has 1 unspecified atom stereocenters. The van der Waals surface area contributed by atoms with E-state index in [1.807, 2.05) is 13.8 Å². The van der Waals surface area contributed by atoms with Gasteiger partial charge >= 0.3 is 6.03 Å². The number of fused-ring (bicyclic) bond motifs is 3. The molecule has 0 aromatic heterocycles. The van der Waals surface area contributed by atoms with Crippen molar-refractivity contribution in [2.75, 3.05) is 6.54 Å². The van der Waals surface area contributed by atoms with Gasteiger partial charge in [-0.25, -0.2) is 4.79 Å². The summed E-state index contributed by atoms with van der Waals surface area (Å²) in [4.78, 5) is 27.8. The summed E-state index contributed by atoms with van der Waals surface area (Å²) in [5.74, 6) is 1.33. The minimum atomic E-state index is -0.0486. The zero-order chi connectivity index (χ0) is 12.9. The summed E-state index contributed by atoms with van der Waals surface area (Å²) in [6.07, 6.45) is 6.05. The average molecular weight is 250 g/mol. The highest BCUT2D eigenvalue weighted by Gasteiger charge is 2.47. The lowest BCUT2D eigenvalue weighted by atomic mass is 9.67. The molecule has 1 heterocycles. The van der Waals surface area contributed by atoms with E-state index in [1.54, 1.807) is 9.80 Å². The molecule has 3 aliphatic carbocycles. The number of imide groups is 1. The molecular weight excluding hydrogens is 228 g/mol. The lowest BCUT2D eigenvalue weighted by molar-refractivity contribution is -0.129. The van der Waals surface area contributed by atoms with E-state index in [4.69, 9.17) is 0 Å². The smallest absolute Gasteiger partial charge is 0.313 e. The first kappa shape index (κ1) is 12.0. The second-order valence-corrected chi connectivity index (χ2v) is 6.35. The van der Waals surface area contributed by atoms with Gasteiger partial charge < -0.3 is 4.90 Å². The van der Waals surface area contributed by atoms with Crippen molar-refractivity contribution in [2.24, 2.45) is 11.8 Å². The first-order valence-corrected chi connectivity index (χ1v) is 7.20. The second-order valence-electron chi connectivity index (χ2n) is 6.35. The van der Waals surface area contributed by atoms with Crippen molar-refractivity contribution in [1.29, 1.82) is 0 Å². The molecule has 1 saturated heterocycles. The molecule has 4 fully saturated rings. The Morgan fingerprint density at radius 3 is 2.22 bits per heavy atom. The van der Waals surface area contributed by atoms with Gasteiger partial charge in [0.05, 0.1) is 0 Å². The number of rotatable bonds is 2. The zero-order valence-corrected chi connectivity index (χ0v) is 11.3. The molecule has 1 aliphatic heterocycles. The van der Waals surface area contributed by atoms with Crippen molar-refractivity contribution in [3.63, 3.8) is 0 Å². The fraction of sp³-hybridized carbons (Fsp3) is 0.857. The fourth-order valence-electron chi connectivity index (χ4n) is 3.92. The van der Waals surface area contributed by atoms with Crippen LogP contribution in [0.25, 0.3) is 0 Å². The number of amides is 3. The van der Waals surface area contributed by atoms with Crippen LogP contribution in [0.1, 0.15) is 46.0 Å². The molecule has 4 heteroatoms. The topological polar surface area (TPSA) is 40.6 Å². The maximum absolute atomic E-state index is 12.4. The molecule has 4 aliphatic rings. The Bertz CT molecular complexity index is 372. The highest BCUT2D eigenvalue weighted by Crippen LogP contribution is 2.44.